The number of methoxy groups -OCH3 is 1. The minimum atomic E-state index is -0.656. The number of carbonyl (C=O) groups excluding carboxylic acids is 1. The summed E-state index contributed by atoms with van der Waals surface area (Å²) in [7, 11) is 4.61. The maximum absolute atomic E-state index is 11.8. The van der Waals surface area contributed by atoms with Gasteiger partial charge in [-0.2, -0.15) is 0 Å². The molecule has 1 unspecified atom stereocenters. The Hall–Kier alpha value is -2.77. The van der Waals surface area contributed by atoms with Crippen molar-refractivity contribution in [2.45, 2.75) is 32.5 Å². The monoisotopic (exact) mass is 386 g/mol. The van der Waals surface area contributed by atoms with Crippen LogP contribution in [0.25, 0.3) is 0 Å². The Labute approximate surface area is 165 Å². The third-order valence-electron chi connectivity index (χ3n) is 4.84. The molecule has 0 aromatic heterocycles. The topological polar surface area (TPSA) is 69.3 Å². The zero-order valence-corrected chi connectivity index (χ0v) is 16.9. The number of carbonyl (C=O) groups is 1. The highest BCUT2D eigenvalue weighted by Gasteiger charge is 2.35. The first-order chi connectivity index (χ1) is 13.3. The number of amides is 2. The first kappa shape index (κ1) is 20.0. The lowest BCUT2D eigenvalue weighted by Gasteiger charge is -2.37. The molecular weight excluding hydrogens is 360 g/mol. The molecule has 0 saturated heterocycles. The van der Waals surface area contributed by atoms with Gasteiger partial charge < -0.3 is 19.5 Å². The lowest BCUT2D eigenvalue weighted by atomic mass is 9.92. The van der Waals surface area contributed by atoms with Crippen molar-refractivity contribution in [2.75, 3.05) is 26.6 Å². The van der Waals surface area contributed by atoms with Crippen molar-refractivity contribution < 1.29 is 23.8 Å². The zero-order valence-electron chi connectivity index (χ0n) is 16.9. The van der Waals surface area contributed by atoms with Gasteiger partial charge in [-0.3, -0.25) is 4.84 Å². The van der Waals surface area contributed by atoms with Crippen molar-refractivity contribution in [3.63, 3.8) is 0 Å². The second-order valence-electron chi connectivity index (χ2n) is 6.93. The predicted octanol–water partition coefficient (Wildman–Crippen LogP) is 4.36. The van der Waals surface area contributed by atoms with Gasteiger partial charge in [-0.15, -0.1) is 0 Å². The van der Waals surface area contributed by atoms with Gasteiger partial charge in [0.15, 0.2) is 0 Å². The number of anilines is 1. The summed E-state index contributed by atoms with van der Waals surface area (Å²) < 4.78 is 17.5. The lowest BCUT2D eigenvalue weighted by Crippen LogP contribution is -2.35. The van der Waals surface area contributed by atoms with Crippen LogP contribution in [0.5, 0.6) is 5.75 Å². The molecule has 1 atom stereocenters. The summed E-state index contributed by atoms with van der Waals surface area (Å²) in [6.45, 7) is 4.04. The summed E-state index contributed by atoms with van der Waals surface area (Å²) >= 11 is 0. The minimum Gasteiger partial charge on any atom is -0.462 e. The number of hydrogen-bond donors (Lipinski definition) is 1. The van der Waals surface area contributed by atoms with E-state index < -0.39 is 5.79 Å². The number of nitrogens with one attached hydrogen (secondary N) is 1. The lowest BCUT2D eigenvalue weighted by molar-refractivity contribution is -0.187. The van der Waals surface area contributed by atoms with Crippen molar-refractivity contribution in [1.29, 1.82) is 0 Å². The second-order valence-corrected chi connectivity index (χ2v) is 6.93. The van der Waals surface area contributed by atoms with Gasteiger partial charge in [0.25, 0.3) is 0 Å². The van der Waals surface area contributed by atoms with Crippen molar-refractivity contribution in [3.8, 4) is 5.75 Å². The summed E-state index contributed by atoms with van der Waals surface area (Å²) in [5, 5.41) is 3.83. The molecule has 7 nitrogen and oxygen atoms in total. The van der Waals surface area contributed by atoms with Gasteiger partial charge >= 0.3 is 6.03 Å². The Morgan fingerprint density at radius 2 is 1.96 bits per heavy atom. The quantitative estimate of drug-likeness (QED) is 0.762. The Bertz CT molecular complexity index is 841. The van der Waals surface area contributed by atoms with Gasteiger partial charge in [-0.25, -0.2) is 9.86 Å². The number of hydrogen-bond acceptors (Lipinski definition) is 5. The van der Waals surface area contributed by atoms with Crippen LogP contribution >= 0.6 is 0 Å². The fourth-order valence-corrected chi connectivity index (χ4v) is 3.12. The molecule has 2 amide bonds. The smallest absolute Gasteiger partial charge is 0.345 e. The molecule has 1 aromatic rings. The number of hydroxylamine groups is 2. The van der Waals surface area contributed by atoms with Crippen molar-refractivity contribution in [3.05, 3.63) is 59.1 Å². The summed E-state index contributed by atoms with van der Waals surface area (Å²) in [6.07, 6.45) is 5.42. The number of urea groups is 1. The molecule has 1 N–H and O–H groups in total. The fourth-order valence-electron chi connectivity index (χ4n) is 3.12. The van der Waals surface area contributed by atoms with Crippen LogP contribution in [0, 0.1) is 0 Å². The first-order valence-corrected chi connectivity index (χ1v) is 9.05. The molecule has 0 spiro atoms. The van der Waals surface area contributed by atoms with E-state index in [1.54, 1.807) is 31.4 Å². The number of allylic oxidation sites excluding steroid dienone is 3. The van der Waals surface area contributed by atoms with Gasteiger partial charge in [-0.1, -0.05) is 5.57 Å². The molecule has 7 heteroatoms. The minimum absolute atomic E-state index is 0.360. The third-order valence-corrected chi connectivity index (χ3v) is 4.84. The number of benzene rings is 1. The summed E-state index contributed by atoms with van der Waals surface area (Å²) in [4.78, 5) is 16.6. The zero-order chi connectivity index (χ0) is 20.3. The van der Waals surface area contributed by atoms with Crippen LogP contribution in [-0.4, -0.2) is 38.1 Å². The van der Waals surface area contributed by atoms with Gasteiger partial charge in [0.1, 0.15) is 17.3 Å². The number of rotatable bonds is 5. The molecule has 1 aromatic carbocycles. The standard InChI is InChI=1S/C21H26N2O5/c1-14-13-21(2,25-4)28-19-12-17(10-11-18(14)19)27-16-8-6-15(7-9-16)22-20(24)23(3)26-5/h6-10,12H,11,13H2,1-5H3,(H,22,24). The number of fused-ring (bicyclic) bond motifs is 1. The average Bonchev–Trinajstić information content (AvgIpc) is 2.68. The van der Waals surface area contributed by atoms with E-state index in [4.69, 9.17) is 19.0 Å². The molecule has 150 valence electrons. The highest BCUT2D eigenvalue weighted by molar-refractivity contribution is 5.88. The van der Waals surface area contributed by atoms with Gasteiger partial charge in [-0.05, 0) is 49.3 Å². The second kappa shape index (κ2) is 8.08. The number of nitrogens with zero attached hydrogens (tertiary/aromatic N) is 1. The maximum Gasteiger partial charge on any atom is 0.345 e. The molecule has 2 aliphatic rings. The van der Waals surface area contributed by atoms with Crippen LogP contribution in [0.1, 0.15) is 26.7 Å². The first-order valence-electron chi connectivity index (χ1n) is 9.05. The predicted molar refractivity (Wildman–Crippen MR) is 105 cm³/mol. The third kappa shape index (κ3) is 4.37. The molecule has 1 aliphatic carbocycles. The van der Waals surface area contributed by atoms with Crippen LogP contribution in [0.2, 0.25) is 0 Å². The molecule has 1 heterocycles. The van der Waals surface area contributed by atoms with E-state index in [0.29, 0.717) is 17.2 Å². The summed E-state index contributed by atoms with van der Waals surface area (Å²) in [5.74, 6) is 1.51. The van der Waals surface area contributed by atoms with E-state index in [1.807, 2.05) is 19.1 Å². The molecule has 28 heavy (non-hydrogen) atoms. The van der Waals surface area contributed by atoms with E-state index in [1.165, 1.54) is 25.3 Å². The van der Waals surface area contributed by atoms with E-state index in [-0.39, 0.29) is 6.03 Å². The summed E-state index contributed by atoms with van der Waals surface area (Å²) in [5.41, 5.74) is 3.09. The highest BCUT2D eigenvalue weighted by atomic mass is 16.7. The van der Waals surface area contributed by atoms with Crippen LogP contribution in [0.15, 0.2) is 59.1 Å². The summed E-state index contributed by atoms with van der Waals surface area (Å²) in [6, 6.07) is 6.75. The van der Waals surface area contributed by atoms with Gasteiger partial charge in [0, 0.05) is 39.3 Å². The van der Waals surface area contributed by atoms with E-state index in [2.05, 4.69) is 12.2 Å². The van der Waals surface area contributed by atoms with E-state index in [9.17, 15) is 4.79 Å². The van der Waals surface area contributed by atoms with Gasteiger partial charge in [0.05, 0.1) is 7.11 Å². The van der Waals surface area contributed by atoms with Crippen molar-refractivity contribution in [1.82, 2.24) is 5.06 Å². The van der Waals surface area contributed by atoms with E-state index >= 15 is 0 Å². The van der Waals surface area contributed by atoms with Crippen LogP contribution in [0.3, 0.4) is 0 Å². The normalized spacial score (nSPS) is 21.2. The SMILES string of the molecule is CON(C)C(=O)Nc1ccc(OC2=CCC3=C(C)CC(C)(OC)OC3=C2)cc1. The highest BCUT2D eigenvalue weighted by Crippen LogP contribution is 2.40. The van der Waals surface area contributed by atoms with E-state index in [0.717, 1.165) is 23.7 Å². The maximum atomic E-state index is 11.8. The Morgan fingerprint density at radius 3 is 2.61 bits per heavy atom. The molecule has 0 bridgehead atoms. The van der Waals surface area contributed by atoms with Crippen LogP contribution in [-0.2, 0) is 14.3 Å². The van der Waals surface area contributed by atoms with Gasteiger partial charge in [0.2, 0.25) is 5.79 Å². The molecule has 0 fully saturated rings. The fraction of sp³-hybridized carbons (Fsp3) is 0.381. The van der Waals surface area contributed by atoms with Crippen LogP contribution in [0.4, 0.5) is 10.5 Å². The molecule has 1 aliphatic heterocycles. The van der Waals surface area contributed by atoms with Crippen molar-refractivity contribution >= 4 is 11.7 Å². The number of ether oxygens (including phenoxy) is 3. The molecule has 0 saturated carbocycles. The Morgan fingerprint density at radius 1 is 1.25 bits per heavy atom. The average molecular weight is 386 g/mol. The Kier molecular flexibility index (Phi) is 5.76. The molecular formula is C21H26N2O5. The van der Waals surface area contributed by atoms with Crippen molar-refractivity contribution in [2.24, 2.45) is 0 Å². The Balaban J connectivity index is 1.68. The largest absolute Gasteiger partial charge is 0.462 e. The van der Waals surface area contributed by atoms with Crippen LogP contribution < -0.4 is 10.1 Å². The molecule has 0 radical (unpaired) electrons. The molecule has 3 rings (SSSR count).